The monoisotopic (exact) mass is 309 g/mol. The second kappa shape index (κ2) is 8.16. The average molecular weight is 310 g/mol. The van der Waals surface area contributed by atoms with Crippen LogP contribution in [0.1, 0.15) is 63.8 Å². The summed E-state index contributed by atoms with van der Waals surface area (Å²) in [5.41, 5.74) is 0. The van der Waals surface area contributed by atoms with Gasteiger partial charge in [-0.25, -0.2) is 0 Å². The van der Waals surface area contributed by atoms with Crippen LogP contribution in [0.15, 0.2) is 17.5 Å². The van der Waals surface area contributed by atoms with Gasteiger partial charge in [0.15, 0.2) is 0 Å². The van der Waals surface area contributed by atoms with Gasteiger partial charge in [-0.05, 0) is 36.4 Å². The largest absolute Gasteiger partial charge is 0.310 e. The fourth-order valence-corrected chi connectivity index (χ4v) is 5.03. The van der Waals surface area contributed by atoms with Crippen molar-refractivity contribution in [3.05, 3.63) is 22.4 Å². The second-order valence-electron chi connectivity index (χ2n) is 5.56. The smallest absolute Gasteiger partial charge is 0.0454 e. The molecule has 2 atom stereocenters. The van der Waals surface area contributed by atoms with E-state index in [4.69, 9.17) is 0 Å². The summed E-state index contributed by atoms with van der Waals surface area (Å²) in [6.07, 6.45) is 6.67. The number of thiophene rings is 2. The zero-order chi connectivity index (χ0) is 14.4. The van der Waals surface area contributed by atoms with Crippen LogP contribution in [0.5, 0.6) is 0 Å². The molecule has 3 heteroatoms. The van der Waals surface area contributed by atoms with Crippen LogP contribution in [0.4, 0.5) is 0 Å². The summed E-state index contributed by atoms with van der Waals surface area (Å²) in [7, 11) is 0. The SMILES string of the molecule is CCCCC(CC)CC(NCC)c1cc2sccc2s1. The van der Waals surface area contributed by atoms with Gasteiger partial charge in [0.05, 0.1) is 0 Å². The summed E-state index contributed by atoms with van der Waals surface area (Å²) < 4.78 is 2.91. The molecule has 0 aliphatic heterocycles. The Labute approximate surface area is 131 Å². The van der Waals surface area contributed by atoms with Crippen LogP contribution in [0.2, 0.25) is 0 Å². The third-order valence-electron chi connectivity index (χ3n) is 4.06. The first-order valence-electron chi connectivity index (χ1n) is 7.98. The Morgan fingerprint density at radius 2 is 2.05 bits per heavy atom. The summed E-state index contributed by atoms with van der Waals surface area (Å²) >= 11 is 3.84. The highest BCUT2D eigenvalue weighted by molar-refractivity contribution is 7.26. The van der Waals surface area contributed by atoms with Crippen LogP contribution in [0.3, 0.4) is 0 Å². The van der Waals surface area contributed by atoms with Gasteiger partial charge in [-0.15, -0.1) is 22.7 Å². The van der Waals surface area contributed by atoms with E-state index in [0.717, 1.165) is 12.5 Å². The molecule has 0 fully saturated rings. The minimum atomic E-state index is 0.548. The van der Waals surface area contributed by atoms with Gasteiger partial charge < -0.3 is 5.32 Å². The molecule has 0 aliphatic carbocycles. The van der Waals surface area contributed by atoms with E-state index in [-0.39, 0.29) is 0 Å². The fraction of sp³-hybridized carbons (Fsp3) is 0.647. The van der Waals surface area contributed by atoms with Crippen molar-refractivity contribution in [3.63, 3.8) is 0 Å². The predicted octanol–water partition coefficient (Wildman–Crippen LogP) is 6.22. The minimum absolute atomic E-state index is 0.548. The number of rotatable bonds is 9. The number of fused-ring (bicyclic) bond motifs is 1. The molecule has 2 aromatic rings. The topological polar surface area (TPSA) is 12.0 Å². The molecule has 2 heterocycles. The van der Waals surface area contributed by atoms with E-state index < -0.39 is 0 Å². The van der Waals surface area contributed by atoms with E-state index in [1.807, 2.05) is 22.7 Å². The van der Waals surface area contributed by atoms with Crippen LogP contribution in [0, 0.1) is 5.92 Å². The van der Waals surface area contributed by atoms with E-state index in [1.54, 1.807) is 0 Å². The predicted molar refractivity (Wildman–Crippen MR) is 94.0 cm³/mol. The van der Waals surface area contributed by atoms with Gasteiger partial charge in [0.1, 0.15) is 0 Å². The van der Waals surface area contributed by atoms with Crippen LogP contribution in [-0.2, 0) is 0 Å². The fourth-order valence-electron chi connectivity index (χ4n) is 2.82. The molecule has 1 nitrogen and oxygen atoms in total. The van der Waals surface area contributed by atoms with Gasteiger partial charge in [-0.2, -0.15) is 0 Å². The number of hydrogen-bond donors (Lipinski definition) is 1. The molecule has 20 heavy (non-hydrogen) atoms. The van der Waals surface area contributed by atoms with Gasteiger partial charge in [0.25, 0.3) is 0 Å². The highest BCUT2D eigenvalue weighted by Crippen LogP contribution is 2.36. The highest BCUT2D eigenvalue weighted by atomic mass is 32.1. The lowest BCUT2D eigenvalue weighted by molar-refractivity contribution is 0.360. The van der Waals surface area contributed by atoms with Gasteiger partial charge in [0.2, 0.25) is 0 Å². The van der Waals surface area contributed by atoms with E-state index in [2.05, 4.69) is 43.6 Å². The molecule has 0 spiro atoms. The number of nitrogens with one attached hydrogen (secondary N) is 1. The van der Waals surface area contributed by atoms with Crippen molar-refractivity contribution in [2.24, 2.45) is 5.92 Å². The minimum Gasteiger partial charge on any atom is -0.310 e. The molecule has 2 unspecified atom stereocenters. The van der Waals surface area contributed by atoms with Crippen LogP contribution in [0.25, 0.3) is 9.40 Å². The molecule has 112 valence electrons. The van der Waals surface area contributed by atoms with E-state index in [9.17, 15) is 0 Å². The third kappa shape index (κ3) is 4.06. The molecular weight excluding hydrogens is 282 g/mol. The Kier molecular flexibility index (Phi) is 6.53. The lowest BCUT2D eigenvalue weighted by atomic mass is 9.91. The summed E-state index contributed by atoms with van der Waals surface area (Å²) in [5, 5.41) is 5.90. The maximum Gasteiger partial charge on any atom is 0.0454 e. The third-order valence-corrected chi connectivity index (χ3v) is 6.27. The molecule has 2 aromatic heterocycles. The molecule has 2 rings (SSSR count). The van der Waals surface area contributed by atoms with Crippen molar-refractivity contribution in [3.8, 4) is 0 Å². The Balaban J connectivity index is 2.07. The first-order valence-corrected chi connectivity index (χ1v) is 9.68. The van der Waals surface area contributed by atoms with Crippen molar-refractivity contribution >= 4 is 32.1 Å². The maximum atomic E-state index is 3.71. The zero-order valence-corrected chi connectivity index (χ0v) is 14.6. The number of unbranched alkanes of at least 4 members (excludes halogenated alkanes) is 1. The lowest BCUT2D eigenvalue weighted by Gasteiger charge is -2.22. The average Bonchev–Trinajstić information content (AvgIpc) is 3.03. The molecule has 0 saturated carbocycles. The Hall–Kier alpha value is -0.380. The maximum absolute atomic E-state index is 3.71. The zero-order valence-electron chi connectivity index (χ0n) is 12.9. The molecular formula is C17H27NS2. The molecule has 0 amide bonds. The lowest BCUT2D eigenvalue weighted by Crippen LogP contribution is -2.22. The van der Waals surface area contributed by atoms with E-state index in [0.29, 0.717) is 6.04 Å². The van der Waals surface area contributed by atoms with Crippen molar-refractivity contribution in [1.82, 2.24) is 5.32 Å². The van der Waals surface area contributed by atoms with Gasteiger partial charge in [-0.3, -0.25) is 0 Å². The Morgan fingerprint density at radius 3 is 2.70 bits per heavy atom. The Bertz CT molecular complexity index is 471. The molecule has 1 N–H and O–H groups in total. The van der Waals surface area contributed by atoms with Crippen molar-refractivity contribution in [2.45, 2.75) is 58.9 Å². The first-order chi connectivity index (χ1) is 9.78. The quantitative estimate of drug-likeness (QED) is 0.580. The molecule has 0 aromatic carbocycles. The normalized spacial score (nSPS) is 14.8. The summed E-state index contributed by atoms with van der Waals surface area (Å²) in [5.74, 6) is 0.860. The van der Waals surface area contributed by atoms with Gasteiger partial charge in [-0.1, -0.05) is 46.5 Å². The van der Waals surface area contributed by atoms with E-state index >= 15 is 0 Å². The summed E-state index contributed by atoms with van der Waals surface area (Å²) in [6.45, 7) is 7.91. The van der Waals surface area contributed by atoms with Crippen molar-refractivity contribution in [2.75, 3.05) is 6.54 Å². The van der Waals surface area contributed by atoms with E-state index in [1.165, 1.54) is 46.4 Å². The first kappa shape index (κ1) is 16.0. The van der Waals surface area contributed by atoms with Crippen LogP contribution >= 0.6 is 22.7 Å². The van der Waals surface area contributed by atoms with Crippen LogP contribution in [-0.4, -0.2) is 6.54 Å². The number of hydrogen-bond acceptors (Lipinski definition) is 3. The van der Waals surface area contributed by atoms with Gasteiger partial charge >= 0.3 is 0 Å². The highest BCUT2D eigenvalue weighted by Gasteiger charge is 2.18. The van der Waals surface area contributed by atoms with Gasteiger partial charge in [0, 0.05) is 20.3 Å². The standard InChI is InChI=1S/C17H27NS2/c1-4-7-8-13(5-2)11-14(18-6-3)16-12-17-15(20-16)9-10-19-17/h9-10,12-14,18H,4-8,11H2,1-3H3. The van der Waals surface area contributed by atoms with Crippen molar-refractivity contribution in [1.29, 1.82) is 0 Å². The van der Waals surface area contributed by atoms with Crippen molar-refractivity contribution < 1.29 is 0 Å². The Morgan fingerprint density at radius 1 is 1.20 bits per heavy atom. The molecule has 0 saturated heterocycles. The summed E-state index contributed by atoms with van der Waals surface area (Å²) in [6, 6.07) is 5.21. The second-order valence-corrected chi connectivity index (χ2v) is 7.62. The summed E-state index contributed by atoms with van der Waals surface area (Å²) in [4.78, 5) is 1.53. The van der Waals surface area contributed by atoms with Crippen LogP contribution < -0.4 is 5.32 Å². The molecule has 0 bridgehead atoms. The molecule has 0 aliphatic rings. The molecule has 0 radical (unpaired) electrons.